The maximum atomic E-state index is 11.8. The molecular formula is C16H23ClN2O. The number of anilines is 1. The Morgan fingerprint density at radius 2 is 2.05 bits per heavy atom. The summed E-state index contributed by atoms with van der Waals surface area (Å²) < 4.78 is 0. The van der Waals surface area contributed by atoms with Crippen LogP contribution in [0.3, 0.4) is 0 Å². The topological polar surface area (TPSA) is 41.1 Å². The summed E-state index contributed by atoms with van der Waals surface area (Å²) in [6, 6.07) is 6.04. The van der Waals surface area contributed by atoms with Crippen molar-refractivity contribution < 1.29 is 4.79 Å². The Hall–Kier alpha value is -1.22. The molecule has 0 bridgehead atoms. The van der Waals surface area contributed by atoms with Gasteiger partial charge in [0.05, 0.1) is 10.6 Å². The van der Waals surface area contributed by atoms with Crippen LogP contribution in [0.2, 0.25) is 5.02 Å². The van der Waals surface area contributed by atoms with Gasteiger partial charge in [0.15, 0.2) is 0 Å². The lowest BCUT2D eigenvalue weighted by Gasteiger charge is -2.34. The van der Waals surface area contributed by atoms with Crippen LogP contribution in [0.4, 0.5) is 5.69 Å². The van der Waals surface area contributed by atoms with Crippen LogP contribution in [-0.2, 0) is 0 Å². The Morgan fingerprint density at radius 1 is 1.30 bits per heavy atom. The van der Waals surface area contributed by atoms with Crippen molar-refractivity contribution in [3.8, 4) is 0 Å². The highest BCUT2D eigenvalue weighted by atomic mass is 35.5. The second-order valence-electron chi connectivity index (χ2n) is 5.92. The first kappa shape index (κ1) is 15.2. The Morgan fingerprint density at radius 3 is 2.75 bits per heavy atom. The smallest absolute Gasteiger partial charge is 0.252 e. The Labute approximate surface area is 126 Å². The summed E-state index contributed by atoms with van der Waals surface area (Å²) in [5.41, 5.74) is 1.50. The third kappa shape index (κ3) is 3.45. The van der Waals surface area contributed by atoms with Crippen LogP contribution in [-0.4, -0.2) is 19.0 Å². The third-order valence-corrected chi connectivity index (χ3v) is 4.58. The molecule has 1 aliphatic rings. The van der Waals surface area contributed by atoms with E-state index < -0.39 is 0 Å². The van der Waals surface area contributed by atoms with E-state index in [1.807, 2.05) is 12.1 Å². The van der Waals surface area contributed by atoms with Gasteiger partial charge in [-0.3, -0.25) is 4.79 Å². The highest BCUT2D eigenvalue weighted by molar-refractivity contribution is 6.34. The van der Waals surface area contributed by atoms with Gasteiger partial charge < -0.3 is 10.6 Å². The molecule has 2 rings (SSSR count). The summed E-state index contributed by atoms with van der Waals surface area (Å²) in [6.45, 7) is 4.59. The number of nitrogens with one attached hydrogen (secondary N) is 2. The first-order valence-electron chi connectivity index (χ1n) is 7.29. The predicted molar refractivity (Wildman–Crippen MR) is 84.4 cm³/mol. The molecule has 3 nitrogen and oxygen atoms in total. The number of hydrogen-bond donors (Lipinski definition) is 2. The maximum absolute atomic E-state index is 11.8. The summed E-state index contributed by atoms with van der Waals surface area (Å²) in [7, 11) is 1.61. The molecule has 3 unspecified atom stereocenters. The van der Waals surface area contributed by atoms with Crippen LogP contribution in [0, 0.1) is 11.8 Å². The van der Waals surface area contributed by atoms with Gasteiger partial charge in [0.25, 0.3) is 5.91 Å². The fourth-order valence-electron chi connectivity index (χ4n) is 2.87. The van der Waals surface area contributed by atoms with Crippen molar-refractivity contribution >= 4 is 23.2 Å². The third-order valence-electron chi connectivity index (χ3n) is 4.25. The minimum Gasteiger partial charge on any atom is -0.382 e. The molecule has 0 heterocycles. The van der Waals surface area contributed by atoms with Crippen LogP contribution in [0.5, 0.6) is 0 Å². The first-order chi connectivity index (χ1) is 9.51. The number of amides is 1. The second-order valence-corrected chi connectivity index (χ2v) is 6.33. The second kappa shape index (κ2) is 6.49. The van der Waals surface area contributed by atoms with E-state index in [2.05, 4.69) is 24.5 Å². The van der Waals surface area contributed by atoms with Crippen LogP contribution in [0.1, 0.15) is 43.5 Å². The highest BCUT2D eigenvalue weighted by Gasteiger charge is 2.25. The number of hydrogen-bond acceptors (Lipinski definition) is 2. The average molecular weight is 295 g/mol. The van der Waals surface area contributed by atoms with E-state index in [-0.39, 0.29) is 5.91 Å². The lowest BCUT2D eigenvalue weighted by molar-refractivity contribution is 0.0963. The van der Waals surface area contributed by atoms with Crippen molar-refractivity contribution in [2.75, 3.05) is 12.4 Å². The van der Waals surface area contributed by atoms with Gasteiger partial charge in [-0.25, -0.2) is 0 Å². The average Bonchev–Trinajstić information content (AvgIpc) is 2.44. The van der Waals surface area contributed by atoms with Crippen molar-refractivity contribution in [2.45, 2.75) is 39.2 Å². The molecule has 110 valence electrons. The van der Waals surface area contributed by atoms with E-state index >= 15 is 0 Å². The monoisotopic (exact) mass is 294 g/mol. The number of rotatable bonds is 3. The van der Waals surface area contributed by atoms with Crippen molar-refractivity contribution in [1.82, 2.24) is 5.32 Å². The lowest BCUT2D eigenvalue weighted by atomic mass is 9.80. The molecule has 20 heavy (non-hydrogen) atoms. The van der Waals surface area contributed by atoms with Crippen molar-refractivity contribution in [2.24, 2.45) is 11.8 Å². The van der Waals surface area contributed by atoms with Gasteiger partial charge >= 0.3 is 0 Å². The fourth-order valence-corrected chi connectivity index (χ4v) is 3.07. The van der Waals surface area contributed by atoms with E-state index in [1.54, 1.807) is 13.1 Å². The van der Waals surface area contributed by atoms with Crippen LogP contribution < -0.4 is 10.6 Å². The molecule has 1 aromatic rings. The molecule has 1 aromatic carbocycles. The molecule has 3 atom stereocenters. The minimum atomic E-state index is -0.149. The quantitative estimate of drug-likeness (QED) is 0.886. The molecule has 1 amide bonds. The molecule has 1 fully saturated rings. The maximum Gasteiger partial charge on any atom is 0.252 e. The lowest BCUT2D eigenvalue weighted by Crippen LogP contribution is -2.33. The summed E-state index contributed by atoms with van der Waals surface area (Å²) in [6.07, 6.45) is 3.75. The fraction of sp³-hybridized carbons (Fsp3) is 0.562. The van der Waals surface area contributed by atoms with E-state index in [4.69, 9.17) is 11.6 Å². The molecule has 0 radical (unpaired) electrons. The standard InChI is InChI=1S/C16H23ClN2O/c1-10-4-5-11(2)15(8-10)19-12-6-7-14(17)13(9-12)16(20)18-3/h6-7,9-11,15,19H,4-5,8H2,1-3H3,(H,18,20). The van der Waals surface area contributed by atoms with Crippen LogP contribution in [0.25, 0.3) is 0 Å². The number of carbonyl (C=O) groups is 1. The van der Waals surface area contributed by atoms with Crippen LogP contribution in [0.15, 0.2) is 18.2 Å². The molecule has 0 aromatic heterocycles. The largest absolute Gasteiger partial charge is 0.382 e. The molecule has 0 spiro atoms. The molecule has 0 saturated heterocycles. The molecule has 2 N–H and O–H groups in total. The summed E-state index contributed by atoms with van der Waals surface area (Å²) >= 11 is 6.08. The summed E-state index contributed by atoms with van der Waals surface area (Å²) in [4.78, 5) is 11.8. The molecular weight excluding hydrogens is 272 g/mol. The summed E-state index contributed by atoms with van der Waals surface area (Å²) in [5.74, 6) is 1.27. The Bertz CT molecular complexity index is 489. The van der Waals surface area contributed by atoms with Crippen LogP contribution >= 0.6 is 11.6 Å². The van der Waals surface area contributed by atoms with Gasteiger partial charge in [-0.05, 0) is 42.9 Å². The van der Waals surface area contributed by atoms with Gasteiger partial charge in [-0.2, -0.15) is 0 Å². The Balaban J connectivity index is 2.15. The zero-order valence-corrected chi connectivity index (χ0v) is 13.1. The van der Waals surface area contributed by atoms with Gasteiger partial charge in [-0.1, -0.05) is 31.9 Å². The van der Waals surface area contributed by atoms with Gasteiger partial charge in [0, 0.05) is 18.8 Å². The van der Waals surface area contributed by atoms with E-state index in [0.29, 0.717) is 22.5 Å². The van der Waals surface area contributed by atoms with Gasteiger partial charge in [-0.15, -0.1) is 0 Å². The zero-order valence-electron chi connectivity index (χ0n) is 12.4. The van der Waals surface area contributed by atoms with E-state index in [9.17, 15) is 4.79 Å². The van der Waals surface area contributed by atoms with Crippen molar-refractivity contribution in [3.05, 3.63) is 28.8 Å². The minimum absolute atomic E-state index is 0.149. The van der Waals surface area contributed by atoms with E-state index in [1.165, 1.54) is 19.3 Å². The molecule has 1 saturated carbocycles. The number of carbonyl (C=O) groups excluding carboxylic acids is 1. The summed E-state index contributed by atoms with van der Waals surface area (Å²) in [5, 5.41) is 6.67. The zero-order chi connectivity index (χ0) is 14.7. The Kier molecular flexibility index (Phi) is 4.92. The normalized spacial score (nSPS) is 26.1. The predicted octanol–water partition coefficient (Wildman–Crippen LogP) is 3.94. The first-order valence-corrected chi connectivity index (χ1v) is 7.67. The van der Waals surface area contributed by atoms with E-state index in [0.717, 1.165) is 11.6 Å². The molecule has 4 heteroatoms. The number of halogens is 1. The number of benzene rings is 1. The highest BCUT2D eigenvalue weighted by Crippen LogP contribution is 2.31. The van der Waals surface area contributed by atoms with Gasteiger partial charge in [0.2, 0.25) is 0 Å². The molecule has 1 aliphatic carbocycles. The van der Waals surface area contributed by atoms with Crippen molar-refractivity contribution in [1.29, 1.82) is 0 Å². The van der Waals surface area contributed by atoms with Crippen molar-refractivity contribution in [3.63, 3.8) is 0 Å². The SMILES string of the molecule is CNC(=O)c1cc(NC2CC(C)CCC2C)ccc1Cl. The van der Waals surface area contributed by atoms with Gasteiger partial charge in [0.1, 0.15) is 0 Å². The molecule has 0 aliphatic heterocycles.